The molecule has 0 aliphatic carbocycles. The number of hydrogen-bond acceptors (Lipinski definition) is 4. The highest BCUT2D eigenvalue weighted by Crippen LogP contribution is 2.19. The molecule has 3 unspecified atom stereocenters. The molecule has 0 amide bonds. The molecule has 0 saturated carbocycles. The summed E-state index contributed by atoms with van der Waals surface area (Å²) in [6, 6.07) is 0.0846. The number of likely N-dealkylation sites (tertiary alicyclic amines) is 1. The van der Waals surface area contributed by atoms with Crippen molar-refractivity contribution in [2.75, 3.05) is 33.9 Å². The Balaban J connectivity index is 2.65. The number of rotatable bonds is 4. The number of guanidine groups is 1. The van der Waals surface area contributed by atoms with Crippen LogP contribution in [0.25, 0.3) is 0 Å². The van der Waals surface area contributed by atoms with E-state index in [1.54, 1.807) is 14.2 Å². The summed E-state index contributed by atoms with van der Waals surface area (Å²) in [6.45, 7) is 6.57. The van der Waals surface area contributed by atoms with Crippen molar-refractivity contribution >= 4 is 5.96 Å². The van der Waals surface area contributed by atoms with Gasteiger partial charge in [-0.3, -0.25) is 5.43 Å². The third-order valence-corrected chi connectivity index (χ3v) is 3.37. The first-order valence-corrected chi connectivity index (χ1v) is 6.43. The molecular weight excluding hydrogens is 232 g/mol. The number of nitrogens with two attached hydrogens (primary N) is 1. The Labute approximate surface area is 109 Å². The number of aliphatic imine (C=N–C) groups is 1. The number of nitrogens with one attached hydrogen (secondary N) is 1. The van der Waals surface area contributed by atoms with Crippen LogP contribution in [0.5, 0.6) is 0 Å². The van der Waals surface area contributed by atoms with Crippen molar-refractivity contribution in [3.63, 3.8) is 0 Å². The molecule has 0 spiro atoms. The number of piperidine rings is 1. The van der Waals surface area contributed by atoms with E-state index in [9.17, 15) is 0 Å². The summed E-state index contributed by atoms with van der Waals surface area (Å²) in [4.78, 5) is 6.67. The molecule has 18 heavy (non-hydrogen) atoms. The average Bonchev–Trinajstić information content (AvgIpc) is 2.37. The molecule has 1 rings (SSSR count). The fourth-order valence-electron chi connectivity index (χ4n) is 2.23. The van der Waals surface area contributed by atoms with Gasteiger partial charge in [-0.15, -0.1) is 0 Å². The zero-order valence-electron chi connectivity index (χ0n) is 11.8. The maximum atomic E-state index is 5.57. The second kappa shape index (κ2) is 7.56. The first-order chi connectivity index (χ1) is 8.62. The summed E-state index contributed by atoms with van der Waals surface area (Å²) in [5.41, 5.74) is 2.69. The van der Waals surface area contributed by atoms with Gasteiger partial charge in [0.25, 0.3) is 0 Å². The van der Waals surface area contributed by atoms with Gasteiger partial charge in [-0.25, -0.2) is 10.8 Å². The molecule has 1 saturated heterocycles. The maximum Gasteiger partial charge on any atom is 0.208 e. The predicted molar refractivity (Wildman–Crippen MR) is 72.2 cm³/mol. The van der Waals surface area contributed by atoms with E-state index in [2.05, 4.69) is 22.2 Å². The van der Waals surface area contributed by atoms with Gasteiger partial charge in [0.2, 0.25) is 5.96 Å². The SMILES string of the molecule is COCC(C)N=C(NN)N1CCC(C)C(OC)C1. The highest BCUT2D eigenvalue weighted by atomic mass is 16.5. The van der Waals surface area contributed by atoms with Gasteiger partial charge in [-0.1, -0.05) is 6.92 Å². The van der Waals surface area contributed by atoms with E-state index in [4.69, 9.17) is 15.3 Å². The summed E-state index contributed by atoms with van der Waals surface area (Å²) in [6.07, 6.45) is 1.31. The summed E-state index contributed by atoms with van der Waals surface area (Å²) >= 11 is 0. The Kier molecular flexibility index (Phi) is 6.38. The van der Waals surface area contributed by atoms with Crippen LogP contribution in [0.2, 0.25) is 0 Å². The van der Waals surface area contributed by atoms with Crippen LogP contribution in [0, 0.1) is 5.92 Å². The normalized spacial score (nSPS) is 27.2. The Morgan fingerprint density at radius 2 is 2.28 bits per heavy atom. The first-order valence-electron chi connectivity index (χ1n) is 6.43. The van der Waals surface area contributed by atoms with Crippen LogP contribution in [-0.2, 0) is 9.47 Å². The van der Waals surface area contributed by atoms with Crippen molar-refractivity contribution < 1.29 is 9.47 Å². The molecule has 1 aliphatic rings. The Hall–Kier alpha value is -0.850. The lowest BCUT2D eigenvalue weighted by Crippen LogP contribution is -2.53. The third-order valence-electron chi connectivity index (χ3n) is 3.37. The minimum absolute atomic E-state index is 0.0846. The Morgan fingerprint density at radius 3 is 2.83 bits per heavy atom. The average molecular weight is 258 g/mol. The van der Waals surface area contributed by atoms with E-state index >= 15 is 0 Å². The monoisotopic (exact) mass is 258 g/mol. The van der Waals surface area contributed by atoms with Crippen LogP contribution in [-0.4, -0.2) is 56.9 Å². The predicted octanol–water partition coefficient (Wildman–Crippen LogP) is 0.197. The van der Waals surface area contributed by atoms with Gasteiger partial charge < -0.3 is 14.4 Å². The summed E-state index contributed by atoms with van der Waals surface area (Å²) in [7, 11) is 3.43. The Morgan fingerprint density at radius 1 is 1.56 bits per heavy atom. The van der Waals surface area contributed by atoms with Crippen LogP contribution >= 0.6 is 0 Å². The molecule has 0 bridgehead atoms. The van der Waals surface area contributed by atoms with E-state index in [0.717, 1.165) is 19.5 Å². The molecule has 3 N–H and O–H groups in total. The molecule has 1 heterocycles. The van der Waals surface area contributed by atoms with E-state index < -0.39 is 0 Å². The van der Waals surface area contributed by atoms with Crippen molar-refractivity contribution in [2.45, 2.75) is 32.4 Å². The van der Waals surface area contributed by atoms with Crippen molar-refractivity contribution in [3.05, 3.63) is 0 Å². The van der Waals surface area contributed by atoms with Crippen LogP contribution in [0.1, 0.15) is 20.3 Å². The van der Waals surface area contributed by atoms with Crippen LogP contribution in [0.4, 0.5) is 0 Å². The van der Waals surface area contributed by atoms with E-state index in [1.165, 1.54) is 0 Å². The maximum absolute atomic E-state index is 5.57. The molecule has 6 nitrogen and oxygen atoms in total. The van der Waals surface area contributed by atoms with E-state index in [0.29, 0.717) is 18.5 Å². The quantitative estimate of drug-likeness (QED) is 0.326. The van der Waals surface area contributed by atoms with Crippen LogP contribution < -0.4 is 11.3 Å². The van der Waals surface area contributed by atoms with Gasteiger partial charge in [-0.2, -0.15) is 0 Å². The lowest BCUT2D eigenvalue weighted by atomic mass is 9.96. The zero-order chi connectivity index (χ0) is 13.5. The van der Waals surface area contributed by atoms with Crippen LogP contribution in [0.3, 0.4) is 0 Å². The van der Waals surface area contributed by atoms with Gasteiger partial charge in [0.1, 0.15) is 0 Å². The fourth-order valence-corrected chi connectivity index (χ4v) is 2.23. The van der Waals surface area contributed by atoms with Crippen LogP contribution in [0.15, 0.2) is 4.99 Å². The fraction of sp³-hybridized carbons (Fsp3) is 0.917. The van der Waals surface area contributed by atoms with E-state index in [-0.39, 0.29) is 12.1 Å². The molecule has 0 aromatic rings. The molecule has 0 aromatic carbocycles. The molecule has 106 valence electrons. The molecule has 3 atom stereocenters. The minimum atomic E-state index is 0.0846. The third kappa shape index (κ3) is 4.12. The Bertz CT molecular complexity index is 273. The second-order valence-electron chi connectivity index (χ2n) is 4.89. The minimum Gasteiger partial charge on any atom is -0.382 e. The van der Waals surface area contributed by atoms with Crippen molar-refractivity contribution in [3.8, 4) is 0 Å². The van der Waals surface area contributed by atoms with Crippen molar-refractivity contribution in [1.29, 1.82) is 0 Å². The standard InChI is InChI=1S/C12H26N4O2/c1-9-5-6-16(7-11(9)18-4)12(15-13)14-10(2)8-17-3/h9-11H,5-8,13H2,1-4H3,(H,14,15). The summed E-state index contributed by atoms with van der Waals surface area (Å²) in [5.74, 6) is 6.85. The number of hydrazine groups is 1. The van der Waals surface area contributed by atoms with Gasteiger partial charge in [0, 0.05) is 27.3 Å². The number of ether oxygens (including phenoxy) is 2. The first kappa shape index (κ1) is 15.2. The zero-order valence-corrected chi connectivity index (χ0v) is 11.8. The number of nitrogens with zero attached hydrogens (tertiary/aromatic N) is 2. The van der Waals surface area contributed by atoms with Crippen molar-refractivity contribution in [2.24, 2.45) is 16.8 Å². The molecule has 6 heteroatoms. The molecular formula is C12H26N4O2. The summed E-state index contributed by atoms with van der Waals surface area (Å²) < 4.78 is 10.6. The molecule has 0 radical (unpaired) electrons. The van der Waals surface area contributed by atoms with E-state index in [1.807, 2.05) is 6.92 Å². The van der Waals surface area contributed by atoms with Crippen molar-refractivity contribution in [1.82, 2.24) is 10.3 Å². The highest BCUT2D eigenvalue weighted by molar-refractivity contribution is 5.79. The number of hydrogen-bond donors (Lipinski definition) is 2. The topological polar surface area (TPSA) is 72.1 Å². The van der Waals surface area contributed by atoms with Gasteiger partial charge in [0.15, 0.2) is 0 Å². The number of methoxy groups -OCH3 is 2. The van der Waals surface area contributed by atoms with Gasteiger partial charge in [-0.05, 0) is 19.3 Å². The molecule has 0 aromatic heterocycles. The second-order valence-corrected chi connectivity index (χ2v) is 4.89. The molecule has 1 fully saturated rings. The lowest BCUT2D eigenvalue weighted by molar-refractivity contribution is 0.0138. The lowest BCUT2D eigenvalue weighted by Gasteiger charge is -2.37. The molecule has 1 aliphatic heterocycles. The van der Waals surface area contributed by atoms with Gasteiger partial charge >= 0.3 is 0 Å². The highest BCUT2D eigenvalue weighted by Gasteiger charge is 2.27. The summed E-state index contributed by atoms with van der Waals surface area (Å²) in [5, 5.41) is 0. The largest absolute Gasteiger partial charge is 0.382 e. The smallest absolute Gasteiger partial charge is 0.208 e. The van der Waals surface area contributed by atoms with Gasteiger partial charge in [0.05, 0.1) is 18.8 Å².